The number of benzene rings is 1. The molecule has 1 aliphatic rings. The highest BCUT2D eigenvalue weighted by atomic mass is 35.5. The van der Waals surface area contributed by atoms with Gasteiger partial charge in [-0.3, -0.25) is 9.59 Å². The van der Waals surface area contributed by atoms with Crippen LogP contribution in [0.4, 0.5) is 0 Å². The Balaban J connectivity index is 1.56. The second kappa shape index (κ2) is 7.09. The average Bonchev–Trinajstić information content (AvgIpc) is 3.11. The van der Waals surface area contributed by atoms with E-state index < -0.39 is 0 Å². The second-order valence-corrected chi connectivity index (χ2v) is 6.35. The Labute approximate surface area is 145 Å². The van der Waals surface area contributed by atoms with E-state index >= 15 is 0 Å². The molecule has 6 heteroatoms. The van der Waals surface area contributed by atoms with Crippen molar-refractivity contribution in [3.8, 4) is 5.75 Å². The number of piperidine rings is 1. The Morgan fingerprint density at radius 2 is 2.00 bits per heavy atom. The number of rotatable bonds is 3. The van der Waals surface area contributed by atoms with Gasteiger partial charge in [-0.1, -0.05) is 11.6 Å². The third-order valence-corrected chi connectivity index (χ3v) is 4.47. The van der Waals surface area contributed by atoms with Gasteiger partial charge in [0.1, 0.15) is 12.0 Å². The minimum absolute atomic E-state index is 0.0656. The molecule has 0 bridgehead atoms. The van der Waals surface area contributed by atoms with Crippen molar-refractivity contribution in [3.05, 3.63) is 52.9 Å². The number of nitrogens with zero attached hydrogens (tertiary/aromatic N) is 1. The zero-order valence-electron chi connectivity index (χ0n) is 13.3. The summed E-state index contributed by atoms with van der Waals surface area (Å²) in [6, 6.07) is 6.80. The maximum Gasteiger partial charge on any atom is 0.314 e. The lowest BCUT2D eigenvalue weighted by Crippen LogP contribution is -2.41. The Kier molecular flexibility index (Phi) is 4.90. The van der Waals surface area contributed by atoms with Gasteiger partial charge in [-0.15, -0.1) is 0 Å². The summed E-state index contributed by atoms with van der Waals surface area (Å²) in [6.45, 7) is 2.91. The molecule has 1 saturated heterocycles. The second-order valence-electron chi connectivity index (χ2n) is 5.91. The number of hydrogen-bond donors (Lipinski definition) is 0. The van der Waals surface area contributed by atoms with Crippen molar-refractivity contribution in [2.24, 2.45) is 5.92 Å². The molecule has 1 fully saturated rings. The van der Waals surface area contributed by atoms with Crippen LogP contribution in [0.5, 0.6) is 5.75 Å². The molecule has 24 heavy (non-hydrogen) atoms. The molecule has 2 heterocycles. The van der Waals surface area contributed by atoms with Crippen molar-refractivity contribution in [1.82, 2.24) is 4.90 Å². The van der Waals surface area contributed by atoms with E-state index in [1.807, 2.05) is 6.92 Å². The normalized spacial score (nSPS) is 15.3. The first-order chi connectivity index (χ1) is 11.5. The van der Waals surface area contributed by atoms with Crippen LogP contribution in [0.1, 0.15) is 28.8 Å². The fourth-order valence-corrected chi connectivity index (χ4v) is 3.03. The standard InChI is InChI=1S/C18H18ClNO4/c1-12-10-15(19)2-3-16(12)24-18(22)13-4-7-20(8-5-13)17(21)14-6-9-23-11-14/h2-3,6,9-11,13H,4-5,7-8H2,1H3. The van der Waals surface area contributed by atoms with Crippen LogP contribution in [0.3, 0.4) is 0 Å². The lowest BCUT2D eigenvalue weighted by molar-refractivity contribution is -0.140. The number of aryl methyl sites for hydroxylation is 1. The minimum Gasteiger partial charge on any atom is -0.472 e. The number of carbonyl (C=O) groups excluding carboxylic acids is 2. The van der Waals surface area contributed by atoms with E-state index in [2.05, 4.69) is 0 Å². The topological polar surface area (TPSA) is 59.8 Å². The molecule has 0 unspecified atom stereocenters. The van der Waals surface area contributed by atoms with Crippen LogP contribution in [-0.4, -0.2) is 29.9 Å². The number of carbonyl (C=O) groups is 2. The first kappa shape index (κ1) is 16.6. The van der Waals surface area contributed by atoms with Gasteiger partial charge in [0.15, 0.2) is 0 Å². The molecule has 3 rings (SSSR count). The molecule has 1 aliphatic heterocycles. The highest BCUT2D eigenvalue weighted by Gasteiger charge is 2.29. The van der Waals surface area contributed by atoms with Crippen LogP contribution in [0.2, 0.25) is 5.02 Å². The number of ether oxygens (including phenoxy) is 1. The molecule has 0 atom stereocenters. The molecule has 0 radical (unpaired) electrons. The van der Waals surface area contributed by atoms with Gasteiger partial charge >= 0.3 is 5.97 Å². The molecular formula is C18H18ClNO4. The quantitative estimate of drug-likeness (QED) is 0.627. The van der Waals surface area contributed by atoms with Crippen molar-refractivity contribution >= 4 is 23.5 Å². The van der Waals surface area contributed by atoms with Gasteiger partial charge in [0.05, 0.1) is 17.7 Å². The smallest absolute Gasteiger partial charge is 0.314 e. The molecule has 5 nitrogen and oxygen atoms in total. The van der Waals surface area contributed by atoms with E-state index in [0.29, 0.717) is 42.3 Å². The maximum absolute atomic E-state index is 12.3. The summed E-state index contributed by atoms with van der Waals surface area (Å²) < 4.78 is 10.4. The highest BCUT2D eigenvalue weighted by Crippen LogP contribution is 2.25. The SMILES string of the molecule is Cc1cc(Cl)ccc1OC(=O)C1CCN(C(=O)c2ccoc2)CC1. The summed E-state index contributed by atoms with van der Waals surface area (Å²) in [5.41, 5.74) is 1.36. The van der Waals surface area contributed by atoms with Crippen molar-refractivity contribution in [2.45, 2.75) is 19.8 Å². The van der Waals surface area contributed by atoms with Crippen molar-refractivity contribution in [1.29, 1.82) is 0 Å². The van der Waals surface area contributed by atoms with Gasteiger partial charge < -0.3 is 14.1 Å². The molecule has 1 amide bonds. The first-order valence-corrected chi connectivity index (χ1v) is 8.21. The first-order valence-electron chi connectivity index (χ1n) is 7.84. The van der Waals surface area contributed by atoms with E-state index in [0.717, 1.165) is 5.56 Å². The fraction of sp³-hybridized carbons (Fsp3) is 0.333. The van der Waals surface area contributed by atoms with Gasteiger partial charge in [0, 0.05) is 18.1 Å². The molecule has 0 saturated carbocycles. The summed E-state index contributed by atoms with van der Waals surface area (Å²) in [4.78, 5) is 26.3. The molecular weight excluding hydrogens is 330 g/mol. The Hall–Kier alpha value is -2.27. The van der Waals surface area contributed by atoms with E-state index in [1.54, 1.807) is 29.2 Å². The third-order valence-electron chi connectivity index (χ3n) is 4.23. The monoisotopic (exact) mass is 347 g/mol. The number of likely N-dealkylation sites (tertiary alicyclic amines) is 1. The molecule has 1 aromatic carbocycles. The summed E-state index contributed by atoms with van der Waals surface area (Å²) >= 11 is 5.91. The van der Waals surface area contributed by atoms with E-state index in [9.17, 15) is 9.59 Å². The zero-order valence-corrected chi connectivity index (χ0v) is 14.1. The van der Waals surface area contributed by atoms with Crippen LogP contribution in [0.15, 0.2) is 41.2 Å². The van der Waals surface area contributed by atoms with Crippen LogP contribution in [-0.2, 0) is 4.79 Å². The summed E-state index contributed by atoms with van der Waals surface area (Å²) in [5, 5.41) is 0.610. The molecule has 0 spiro atoms. The molecule has 0 aliphatic carbocycles. The number of halogens is 1. The van der Waals surface area contributed by atoms with E-state index in [-0.39, 0.29) is 17.8 Å². The minimum atomic E-state index is -0.254. The van der Waals surface area contributed by atoms with E-state index in [4.69, 9.17) is 20.8 Å². The molecule has 2 aromatic rings. The fourth-order valence-electron chi connectivity index (χ4n) is 2.81. The molecule has 0 N–H and O–H groups in total. The number of esters is 1. The lowest BCUT2D eigenvalue weighted by Gasteiger charge is -2.30. The summed E-state index contributed by atoms with van der Waals surface area (Å²) in [5.74, 6) is 0.00901. The Morgan fingerprint density at radius 3 is 2.62 bits per heavy atom. The Bertz CT molecular complexity index is 733. The largest absolute Gasteiger partial charge is 0.472 e. The van der Waals surface area contributed by atoms with Gasteiger partial charge in [0.2, 0.25) is 0 Å². The summed E-state index contributed by atoms with van der Waals surface area (Å²) in [6.07, 6.45) is 4.10. The maximum atomic E-state index is 12.3. The highest BCUT2D eigenvalue weighted by molar-refractivity contribution is 6.30. The predicted octanol–water partition coefficient (Wildman–Crippen LogP) is 3.70. The van der Waals surface area contributed by atoms with Crippen molar-refractivity contribution < 1.29 is 18.7 Å². The van der Waals surface area contributed by atoms with Crippen molar-refractivity contribution in [3.63, 3.8) is 0 Å². The average molecular weight is 348 g/mol. The lowest BCUT2D eigenvalue weighted by atomic mass is 9.96. The van der Waals surface area contributed by atoms with Crippen LogP contribution in [0, 0.1) is 12.8 Å². The third kappa shape index (κ3) is 3.62. The predicted molar refractivity (Wildman–Crippen MR) is 89.2 cm³/mol. The summed E-state index contributed by atoms with van der Waals surface area (Å²) in [7, 11) is 0. The van der Waals surface area contributed by atoms with Gasteiger partial charge in [0.25, 0.3) is 5.91 Å². The molecule has 1 aromatic heterocycles. The van der Waals surface area contributed by atoms with Gasteiger partial charge in [-0.2, -0.15) is 0 Å². The zero-order chi connectivity index (χ0) is 17.1. The Morgan fingerprint density at radius 1 is 1.25 bits per heavy atom. The number of amides is 1. The number of furan rings is 1. The van der Waals surface area contributed by atoms with Gasteiger partial charge in [-0.25, -0.2) is 0 Å². The van der Waals surface area contributed by atoms with Crippen LogP contribution in [0.25, 0.3) is 0 Å². The van der Waals surface area contributed by atoms with Gasteiger partial charge in [-0.05, 0) is 49.6 Å². The molecule has 126 valence electrons. The van der Waals surface area contributed by atoms with Crippen molar-refractivity contribution in [2.75, 3.05) is 13.1 Å². The van der Waals surface area contributed by atoms with Crippen LogP contribution >= 0.6 is 11.6 Å². The van der Waals surface area contributed by atoms with Crippen LogP contribution < -0.4 is 4.74 Å². The van der Waals surface area contributed by atoms with E-state index in [1.165, 1.54) is 12.5 Å². The number of hydrogen-bond acceptors (Lipinski definition) is 4.